The maximum absolute atomic E-state index is 12.1. The lowest BCUT2D eigenvalue weighted by atomic mass is 10.0. The molecule has 110 valence electrons. The topological polar surface area (TPSA) is 81.4 Å². The molecule has 6 heteroatoms. The third-order valence-corrected chi connectivity index (χ3v) is 4.05. The van der Waals surface area contributed by atoms with E-state index in [1.165, 1.54) is 0 Å². The van der Waals surface area contributed by atoms with Crippen molar-refractivity contribution < 1.29 is 14.6 Å². The second kappa shape index (κ2) is 5.75. The van der Waals surface area contributed by atoms with E-state index < -0.39 is 5.97 Å². The first-order chi connectivity index (χ1) is 9.40. The van der Waals surface area contributed by atoms with Crippen molar-refractivity contribution >= 4 is 5.97 Å². The first-order valence-corrected chi connectivity index (χ1v) is 6.80. The van der Waals surface area contributed by atoms with Crippen molar-refractivity contribution in [3.63, 3.8) is 0 Å². The van der Waals surface area contributed by atoms with Gasteiger partial charge in [0.25, 0.3) is 0 Å². The molecule has 0 bridgehead atoms. The molecule has 0 aromatic carbocycles. The summed E-state index contributed by atoms with van der Waals surface area (Å²) in [5, 5.41) is 8.97. The summed E-state index contributed by atoms with van der Waals surface area (Å²) >= 11 is 0. The molecule has 0 saturated carbocycles. The molecule has 2 unspecified atom stereocenters. The lowest BCUT2D eigenvalue weighted by Crippen LogP contribution is -2.32. The highest BCUT2D eigenvalue weighted by atomic mass is 16.5. The summed E-state index contributed by atoms with van der Waals surface area (Å²) in [4.78, 5) is 26.9. The SMILES string of the molecule is Cc1nc(=O)n(CC2CCOC2C)c(C)c1CC(=O)O. The van der Waals surface area contributed by atoms with Gasteiger partial charge in [0.2, 0.25) is 0 Å². The number of aromatic nitrogens is 2. The summed E-state index contributed by atoms with van der Waals surface area (Å²) in [5.41, 5.74) is 1.52. The first-order valence-electron chi connectivity index (χ1n) is 6.80. The Labute approximate surface area is 117 Å². The summed E-state index contributed by atoms with van der Waals surface area (Å²) in [6, 6.07) is 0. The smallest absolute Gasteiger partial charge is 0.347 e. The van der Waals surface area contributed by atoms with Crippen molar-refractivity contribution in [2.45, 2.75) is 46.3 Å². The molecule has 0 amide bonds. The average Bonchev–Trinajstić information content (AvgIpc) is 2.75. The molecule has 0 spiro atoms. The monoisotopic (exact) mass is 280 g/mol. The number of aryl methyl sites for hydroxylation is 1. The van der Waals surface area contributed by atoms with Crippen LogP contribution in [0.4, 0.5) is 0 Å². The lowest BCUT2D eigenvalue weighted by molar-refractivity contribution is -0.136. The van der Waals surface area contributed by atoms with Crippen LogP contribution in [0.2, 0.25) is 0 Å². The molecule has 2 atom stereocenters. The second-order valence-electron chi connectivity index (χ2n) is 5.35. The van der Waals surface area contributed by atoms with Crippen LogP contribution in [0.25, 0.3) is 0 Å². The van der Waals surface area contributed by atoms with Crippen molar-refractivity contribution in [2.24, 2.45) is 5.92 Å². The highest BCUT2D eigenvalue weighted by Gasteiger charge is 2.26. The standard InChI is InChI=1S/C14H20N2O4/c1-8-12(6-13(17)18)9(2)16(14(19)15-8)7-11-4-5-20-10(11)3/h10-11H,4-7H2,1-3H3,(H,17,18). The van der Waals surface area contributed by atoms with Crippen LogP contribution in [0.5, 0.6) is 0 Å². The lowest BCUT2D eigenvalue weighted by Gasteiger charge is -2.19. The van der Waals surface area contributed by atoms with E-state index in [2.05, 4.69) is 4.98 Å². The molecule has 1 aromatic heterocycles. The molecular formula is C14H20N2O4. The molecule has 1 N–H and O–H groups in total. The minimum Gasteiger partial charge on any atom is -0.481 e. The number of nitrogens with zero attached hydrogens (tertiary/aromatic N) is 2. The summed E-state index contributed by atoms with van der Waals surface area (Å²) in [7, 11) is 0. The van der Waals surface area contributed by atoms with E-state index in [1.807, 2.05) is 6.92 Å². The molecule has 1 aromatic rings. The van der Waals surface area contributed by atoms with Gasteiger partial charge < -0.3 is 9.84 Å². The minimum absolute atomic E-state index is 0.109. The second-order valence-corrected chi connectivity index (χ2v) is 5.35. The number of ether oxygens (including phenoxy) is 1. The molecule has 0 radical (unpaired) electrons. The third kappa shape index (κ3) is 2.90. The summed E-state index contributed by atoms with van der Waals surface area (Å²) < 4.78 is 7.09. The van der Waals surface area contributed by atoms with Crippen LogP contribution in [0, 0.1) is 19.8 Å². The van der Waals surface area contributed by atoms with Crippen LogP contribution >= 0.6 is 0 Å². The number of carboxylic acid groups (broad SMARTS) is 1. The number of carbonyl (C=O) groups is 1. The number of hydrogen-bond donors (Lipinski definition) is 1. The molecule has 1 saturated heterocycles. The predicted molar refractivity (Wildman–Crippen MR) is 72.8 cm³/mol. The van der Waals surface area contributed by atoms with E-state index in [0.717, 1.165) is 6.42 Å². The molecule has 2 rings (SSSR count). The predicted octanol–water partition coefficient (Wildman–Crippen LogP) is 0.912. The molecule has 20 heavy (non-hydrogen) atoms. The molecule has 6 nitrogen and oxygen atoms in total. The molecule has 0 aliphatic carbocycles. The van der Waals surface area contributed by atoms with Crippen molar-refractivity contribution in [1.82, 2.24) is 9.55 Å². The Balaban J connectivity index is 2.37. The van der Waals surface area contributed by atoms with Crippen molar-refractivity contribution in [3.8, 4) is 0 Å². The van der Waals surface area contributed by atoms with Crippen LogP contribution in [0.15, 0.2) is 4.79 Å². The maximum Gasteiger partial charge on any atom is 0.347 e. The Hall–Kier alpha value is -1.69. The largest absolute Gasteiger partial charge is 0.481 e. The average molecular weight is 280 g/mol. The molecule has 1 fully saturated rings. The van der Waals surface area contributed by atoms with E-state index >= 15 is 0 Å². The molecule has 1 aliphatic heterocycles. The van der Waals surface area contributed by atoms with E-state index in [4.69, 9.17) is 9.84 Å². The van der Waals surface area contributed by atoms with Gasteiger partial charge in [-0.05, 0) is 27.2 Å². The summed E-state index contributed by atoms with van der Waals surface area (Å²) in [6.07, 6.45) is 0.919. The van der Waals surface area contributed by atoms with Gasteiger partial charge in [-0.15, -0.1) is 0 Å². The van der Waals surface area contributed by atoms with E-state index in [9.17, 15) is 9.59 Å². The Morgan fingerprint density at radius 3 is 2.75 bits per heavy atom. The Morgan fingerprint density at radius 2 is 2.20 bits per heavy atom. The Bertz CT molecular complexity index is 579. The number of carboxylic acids is 1. The van der Waals surface area contributed by atoms with Gasteiger partial charge in [-0.1, -0.05) is 0 Å². The van der Waals surface area contributed by atoms with Crippen molar-refractivity contribution in [1.29, 1.82) is 0 Å². The highest BCUT2D eigenvalue weighted by Crippen LogP contribution is 2.22. The first kappa shape index (κ1) is 14.7. The molecular weight excluding hydrogens is 260 g/mol. The zero-order valence-corrected chi connectivity index (χ0v) is 12.0. The van der Waals surface area contributed by atoms with Gasteiger partial charge in [0, 0.05) is 36.0 Å². The van der Waals surface area contributed by atoms with Gasteiger partial charge in [0.05, 0.1) is 12.5 Å². The van der Waals surface area contributed by atoms with E-state index in [0.29, 0.717) is 30.1 Å². The normalized spacial score (nSPS) is 22.1. The number of rotatable bonds is 4. The zero-order valence-electron chi connectivity index (χ0n) is 12.0. The number of aliphatic carboxylic acids is 1. The third-order valence-electron chi connectivity index (χ3n) is 4.05. The van der Waals surface area contributed by atoms with Crippen LogP contribution in [0.1, 0.15) is 30.3 Å². The van der Waals surface area contributed by atoms with Gasteiger partial charge in [0.15, 0.2) is 0 Å². The fraction of sp³-hybridized carbons (Fsp3) is 0.643. The fourth-order valence-electron chi connectivity index (χ4n) is 2.71. The van der Waals surface area contributed by atoms with E-state index in [-0.39, 0.29) is 24.1 Å². The van der Waals surface area contributed by atoms with Gasteiger partial charge in [-0.2, -0.15) is 4.98 Å². The van der Waals surface area contributed by atoms with Gasteiger partial charge in [-0.25, -0.2) is 4.79 Å². The number of hydrogen-bond acceptors (Lipinski definition) is 4. The van der Waals surface area contributed by atoms with Crippen molar-refractivity contribution in [3.05, 3.63) is 27.4 Å². The Kier molecular flexibility index (Phi) is 4.23. The summed E-state index contributed by atoms with van der Waals surface area (Å²) in [6.45, 7) is 6.71. The van der Waals surface area contributed by atoms with Crippen molar-refractivity contribution in [2.75, 3.05) is 6.61 Å². The van der Waals surface area contributed by atoms with Crippen LogP contribution in [-0.2, 0) is 22.5 Å². The van der Waals surface area contributed by atoms with Crippen LogP contribution < -0.4 is 5.69 Å². The quantitative estimate of drug-likeness (QED) is 0.886. The van der Waals surface area contributed by atoms with E-state index in [1.54, 1.807) is 18.4 Å². The maximum atomic E-state index is 12.1. The van der Waals surface area contributed by atoms with Gasteiger partial charge in [0.1, 0.15) is 0 Å². The van der Waals surface area contributed by atoms with Crippen LogP contribution in [-0.4, -0.2) is 33.3 Å². The molecule has 1 aliphatic rings. The van der Waals surface area contributed by atoms with Gasteiger partial charge in [-0.3, -0.25) is 9.36 Å². The van der Waals surface area contributed by atoms with Gasteiger partial charge >= 0.3 is 11.7 Å². The molecule has 2 heterocycles. The minimum atomic E-state index is -0.916. The highest BCUT2D eigenvalue weighted by molar-refractivity contribution is 5.70. The fourth-order valence-corrected chi connectivity index (χ4v) is 2.71. The van der Waals surface area contributed by atoms with Crippen LogP contribution in [0.3, 0.4) is 0 Å². The zero-order chi connectivity index (χ0) is 14.9. The Morgan fingerprint density at radius 1 is 1.50 bits per heavy atom. The summed E-state index contributed by atoms with van der Waals surface area (Å²) in [5.74, 6) is -0.644.